The van der Waals surface area contributed by atoms with E-state index in [-0.39, 0.29) is 17.6 Å². The van der Waals surface area contributed by atoms with Gasteiger partial charge in [0.1, 0.15) is 16.5 Å². The van der Waals surface area contributed by atoms with Gasteiger partial charge in [0.25, 0.3) is 5.91 Å². The lowest BCUT2D eigenvalue weighted by Crippen LogP contribution is -2.30. The highest BCUT2D eigenvalue weighted by Crippen LogP contribution is 2.30. The summed E-state index contributed by atoms with van der Waals surface area (Å²) in [6.45, 7) is 1.62. The molecular weight excluding hydrogens is 425 g/mol. The first-order valence-electron chi connectivity index (χ1n) is 8.09. The first-order valence-corrected chi connectivity index (χ1v) is 9.23. The van der Waals surface area contributed by atoms with E-state index in [1.165, 1.54) is 18.5 Å². The number of nitrogens with one attached hydrogen (secondary N) is 1. The van der Waals surface area contributed by atoms with E-state index in [0.717, 1.165) is 0 Å². The molecule has 0 spiro atoms. The lowest BCUT2D eigenvalue weighted by atomic mass is 10.3. The second-order valence-corrected chi connectivity index (χ2v) is 6.85. The SMILES string of the molecule is CC(Oc1ccc(Oc2ncc(Cl)cc2Cl)cc1)C(=O)Nc1ncccc1Cl. The van der Waals surface area contributed by atoms with Crippen molar-refractivity contribution in [1.29, 1.82) is 0 Å². The molecule has 6 nitrogen and oxygen atoms in total. The van der Waals surface area contributed by atoms with Gasteiger partial charge in [0.05, 0.1) is 10.0 Å². The van der Waals surface area contributed by atoms with Crippen LogP contribution >= 0.6 is 34.8 Å². The van der Waals surface area contributed by atoms with Gasteiger partial charge in [-0.15, -0.1) is 0 Å². The third kappa shape index (κ3) is 5.25. The number of carbonyl (C=O) groups is 1. The molecule has 3 aromatic rings. The minimum Gasteiger partial charge on any atom is -0.481 e. The smallest absolute Gasteiger partial charge is 0.266 e. The zero-order chi connectivity index (χ0) is 20.1. The third-order valence-electron chi connectivity index (χ3n) is 3.49. The lowest BCUT2D eigenvalue weighted by Gasteiger charge is -2.15. The average Bonchev–Trinajstić information content (AvgIpc) is 2.67. The number of nitrogens with zero attached hydrogens (tertiary/aromatic N) is 2. The van der Waals surface area contributed by atoms with Gasteiger partial charge in [0.15, 0.2) is 11.9 Å². The molecule has 1 aromatic carbocycles. The Kier molecular flexibility index (Phi) is 6.57. The van der Waals surface area contributed by atoms with E-state index in [0.29, 0.717) is 26.6 Å². The summed E-state index contributed by atoms with van der Waals surface area (Å²) in [4.78, 5) is 20.3. The Morgan fingerprint density at radius 1 is 1.04 bits per heavy atom. The number of benzene rings is 1. The topological polar surface area (TPSA) is 73.3 Å². The van der Waals surface area contributed by atoms with Gasteiger partial charge < -0.3 is 14.8 Å². The molecule has 0 aliphatic rings. The standard InChI is InChI=1S/C19H14Cl3N3O3/c1-11(18(26)25-17-15(21)3-2-8-23-17)27-13-4-6-14(7-5-13)28-19-16(22)9-12(20)10-24-19/h2-11H,1H3,(H,23,25,26). The number of aromatic nitrogens is 2. The van der Waals surface area contributed by atoms with Crippen molar-refractivity contribution >= 4 is 46.5 Å². The highest BCUT2D eigenvalue weighted by molar-refractivity contribution is 6.35. The van der Waals surface area contributed by atoms with Gasteiger partial charge >= 0.3 is 0 Å². The monoisotopic (exact) mass is 437 g/mol. The number of pyridine rings is 2. The molecule has 0 fully saturated rings. The summed E-state index contributed by atoms with van der Waals surface area (Å²) in [5.74, 6) is 1.12. The predicted molar refractivity (Wildman–Crippen MR) is 109 cm³/mol. The molecule has 2 aromatic heterocycles. The summed E-state index contributed by atoms with van der Waals surface area (Å²) in [5.41, 5.74) is 0. The molecule has 1 unspecified atom stereocenters. The van der Waals surface area contributed by atoms with Gasteiger partial charge in [0, 0.05) is 12.4 Å². The molecule has 144 valence electrons. The molecule has 0 saturated carbocycles. The first kappa shape index (κ1) is 20.2. The van der Waals surface area contributed by atoms with Gasteiger partial charge in [0.2, 0.25) is 5.88 Å². The van der Waals surface area contributed by atoms with Gasteiger partial charge in [-0.3, -0.25) is 4.79 Å². The van der Waals surface area contributed by atoms with Crippen LogP contribution in [0, 0.1) is 0 Å². The number of amides is 1. The molecule has 3 rings (SSSR count). The Morgan fingerprint density at radius 2 is 1.75 bits per heavy atom. The molecule has 0 radical (unpaired) electrons. The molecule has 0 aliphatic carbocycles. The largest absolute Gasteiger partial charge is 0.481 e. The summed E-state index contributed by atoms with van der Waals surface area (Å²) >= 11 is 17.8. The molecule has 28 heavy (non-hydrogen) atoms. The molecule has 0 saturated heterocycles. The zero-order valence-electron chi connectivity index (χ0n) is 14.5. The average molecular weight is 439 g/mol. The maximum atomic E-state index is 12.2. The molecule has 1 amide bonds. The minimum atomic E-state index is -0.766. The van der Waals surface area contributed by atoms with Gasteiger partial charge in [-0.25, -0.2) is 9.97 Å². The van der Waals surface area contributed by atoms with Crippen LogP contribution in [0.1, 0.15) is 6.92 Å². The molecule has 0 aliphatic heterocycles. The quantitative estimate of drug-likeness (QED) is 0.539. The molecular formula is C19H14Cl3N3O3. The maximum Gasteiger partial charge on any atom is 0.266 e. The molecule has 1 N–H and O–H groups in total. The second kappa shape index (κ2) is 9.10. The van der Waals surface area contributed by atoms with Crippen LogP contribution < -0.4 is 14.8 Å². The van der Waals surface area contributed by atoms with E-state index in [9.17, 15) is 4.79 Å². The normalized spacial score (nSPS) is 11.6. The van der Waals surface area contributed by atoms with E-state index < -0.39 is 6.10 Å². The Bertz CT molecular complexity index is 984. The van der Waals surface area contributed by atoms with Gasteiger partial charge in [-0.2, -0.15) is 0 Å². The van der Waals surface area contributed by atoms with Crippen LogP contribution in [0.15, 0.2) is 54.9 Å². The van der Waals surface area contributed by atoms with E-state index in [4.69, 9.17) is 44.3 Å². The Hall–Kier alpha value is -2.54. The number of hydrogen-bond acceptors (Lipinski definition) is 5. The molecule has 9 heteroatoms. The number of halogens is 3. The van der Waals surface area contributed by atoms with E-state index >= 15 is 0 Å². The van der Waals surface area contributed by atoms with Crippen LogP contribution in [0.25, 0.3) is 0 Å². The van der Waals surface area contributed by atoms with Crippen LogP contribution in [0.5, 0.6) is 17.4 Å². The highest BCUT2D eigenvalue weighted by Gasteiger charge is 2.17. The first-order chi connectivity index (χ1) is 13.4. The van der Waals surface area contributed by atoms with Crippen LogP contribution in [-0.4, -0.2) is 22.0 Å². The van der Waals surface area contributed by atoms with Crippen molar-refractivity contribution in [3.8, 4) is 17.4 Å². The van der Waals surface area contributed by atoms with Crippen molar-refractivity contribution < 1.29 is 14.3 Å². The summed E-state index contributed by atoms with van der Waals surface area (Å²) in [6.07, 6.45) is 2.21. The van der Waals surface area contributed by atoms with Crippen molar-refractivity contribution in [2.75, 3.05) is 5.32 Å². The molecule has 0 bridgehead atoms. The van der Waals surface area contributed by atoms with Crippen LogP contribution in [0.3, 0.4) is 0 Å². The molecule has 1 atom stereocenters. The van der Waals surface area contributed by atoms with Gasteiger partial charge in [-0.1, -0.05) is 34.8 Å². The van der Waals surface area contributed by atoms with Crippen LogP contribution in [-0.2, 0) is 4.79 Å². The lowest BCUT2D eigenvalue weighted by molar-refractivity contribution is -0.122. The predicted octanol–water partition coefficient (Wildman–Crippen LogP) is 5.64. The van der Waals surface area contributed by atoms with E-state index in [2.05, 4.69) is 15.3 Å². The number of anilines is 1. The summed E-state index contributed by atoms with van der Waals surface area (Å²) in [7, 11) is 0. The Balaban J connectivity index is 1.60. The van der Waals surface area contributed by atoms with E-state index in [1.54, 1.807) is 43.3 Å². The zero-order valence-corrected chi connectivity index (χ0v) is 16.8. The van der Waals surface area contributed by atoms with Crippen LogP contribution in [0.2, 0.25) is 15.1 Å². The number of hydrogen-bond donors (Lipinski definition) is 1. The maximum absolute atomic E-state index is 12.2. The fourth-order valence-corrected chi connectivity index (χ4v) is 2.72. The van der Waals surface area contributed by atoms with Crippen molar-refractivity contribution in [2.45, 2.75) is 13.0 Å². The van der Waals surface area contributed by atoms with Crippen LogP contribution in [0.4, 0.5) is 5.82 Å². The van der Waals surface area contributed by atoms with Crippen molar-refractivity contribution in [2.24, 2.45) is 0 Å². The summed E-state index contributed by atoms with van der Waals surface area (Å²) < 4.78 is 11.2. The Morgan fingerprint density at radius 3 is 2.43 bits per heavy atom. The van der Waals surface area contributed by atoms with E-state index in [1.807, 2.05) is 0 Å². The van der Waals surface area contributed by atoms with Gasteiger partial charge in [-0.05, 0) is 49.4 Å². The third-order valence-corrected chi connectivity index (χ3v) is 4.28. The van der Waals surface area contributed by atoms with Crippen molar-refractivity contribution in [1.82, 2.24) is 9.97 Å². The van der Waals surface area contributed by atoms with Crippen molar-refractivity contribution in [3.63, 3.8) is 0 Å². The number of ether oxygens (including phenoxy) is 2. The highest BCUT2D eigenvalue weighted by atomic mass is 35.5. The number of rotatable bonds is 6. The minimum absolute atomic E-state index is 0.236. The second-order valence-electron chi connectivity index (χ2n) is 5.60. The Labute approximate surface area is 176 Å². The van der Waals surface area contributed by atoms with Crippen molar-refractivity contribution in [3.05, 3.63) is 69.9 Å². The summed E-state index contributed by atoms with van der Waals surface area (Å²) in [6, 6.07) is 11.5. The molecule has 2 heterocycles. The fourth-order valence-electron chi connectivity index (χ4n) is 2.13. The fraction of sp³-hybridized carbons (Fsp3) is 0.105. The number of carbonyl (C=O) groups excluding carboxylic acids is 1. The summed E-state index contributed by atoms with van der Waals surface area (Å²) in [5, 5.41) is 3.68.